The van der Waals surface area contributed by atoms with Gasteiger partial charge in [0.05, 0.1) is 19.1 Å². The molecule has 9 heteroatoms. The fourth-order valence-electron chi connectivity index (χ4n) is 3.03. The van der Waals surface area contributed by atoms with Crippen molar-refractivity contribution in [3.05, 3.63) is 65.2 Å². The minimum atomic E-state index is -0.366. The highest BCUT2D eigenvalue weighted by atomic mass is 32.2. The van der Waals surface area contributed by atoms with Crippen molar-refractivity contribution in [2.75, 3.05) is 12.4 Å². The molecule has 8 nitrogen and oxygen atoms in total. The fourth-order valence-corrected chi connectivity index (χ4v) is 4.07. The van der Waals surface area contributed by atoms with Gasteiger partial charge >= 0.3 is 0 Å². The van der Waals surface area contributed by atoms with Crippen molar-refractivity contribution >= 4 is 29.4 Å². The summed E-state index contributed by atoms with van der Waals surface area (Å²) in [5, 5.41) is 10.2. The van der Waals surface area contributed by atoms with Crippen LogP contribution < -0.4 is 15.4 Å². The maximum atomic E-state index is 12.5. The Balaban J connectivity index is 1.43. The molecule has 0 spiro atoms. The van der Waals surface area contributed by atoms with E-state index in [1.54, 1.807) is 35.7 Å². The van der Waals surface area contributed by atoms with E-state index in [1.807, 2.05) is 24.3 Å². The number of rotatable bonds is 7. The third kappa shape index (κ3) is 4.29. The number of amides is 2. The number of fused-ring (bicyclic) bond motifs is 1. The summed E-state index contributed by atoms with van der Waals surface area (Å²) in [5.74, 6) is 2.47. The zero-order chi connectivity index (χ0) is 20.2. The van der Waals surface area contributed by atoms with E-state index >= 15 is 0 Å². The molecule has 2 N–H and O–H groups in total. The Bertz CT molecular complexity index is 1010. The van der Waals surface area contributed by atoms with E-state index < -0.39 is 0 Å². The first-order valence-electron chi connectivity index (χ1n) is 9.05. The number of hydrogen-bond donors (Lipinski definition) is 2. The molecule has 3 aromatic rings. The first kappa shape index (κ1) is 19.1. The molecule has 0 unspecified atom stereocenters. The Morgan fingerprint density at radius 1 is 1.24 bits per heavy atom. The number of carbonyl (C=O) groups is 2. The third-order valence-corrected chi connectivity index (χ3v) is 5.51. The van der Waals surface area contributed by atoms with Crippen LogP contribution in [0, 0.1) is 0 Å². The van der Waals surface area contributed by atoms with Gasteiger partial charge in [0.15, 0.2) is 5.76 Å². The molecule has 150 valence electrons. The average molecular weight is 412 g/mol. The highest BCUT2D eigenvalue weighted by Gasteiger charge is 2.25. The summed E-state index contributed by atoms with van der Waals surface area (Å²) in [6.07, 6.45) is 1.44. The molecule has 1 aromatic carbocycles. The van der Waals surface area contributed by atoms with Gasteiger partial charge in [-0.2, -0.15) is 16.9 Å². The predicted octanol–water partition coefficient (Wildman–Crippen LogP) is 2.80. The van der Waals surface area contributed by atoms with Crippen molar-refractivity contribution in [1.29, 1.82) is 0 Å². The number of hydrogen-bond acceptors (Lipinski definition) is 6. The van der Waals surface area contributed by atoms with Crippen LogP contribution >= 0.6 is 11.8 Å². The molecule has 0 saturated carbocycles. The highest BCUT2D eigenvalue weighted by Crippen LogP contribution is 2.34. The number of nitrogens with zero attached hydrogens (tertiary/aromatic N) is 2. The van der Waals surface area contributed by atoms with Crippen molar-refractivity contribution in [2.24, 2.45) is 0 Å². The maximum absolute atomic E-state index is 12.5. The molecule has 4 rings (SSSR count). The standard InChI is InChI=1S/C20H20N4O4S/c1-27-14-6-4-13(5-7-14)9-21-18(25)10-24-19(15-11-29-12-16(15)23-24)22-20(26)17-3-2-8-28-17/h2-8H,9-12H2,1H3,(H,21,25)(H,22,26). The van der Waals surface area contributed by atoms with Crippen LogP contribution in [0.4, 0.5) is 5.82 Å². The van der Waals surface area contributed by atoms with E-state index in [9.17, 15) is 9.59 Å². The number of methoxy groups -OCH3 is 1. The van der Waals surface area contributed by atoms with Crippen LogP contribution in [0.1, 0.15) is 27.4 Å². The van der Waals surface area contributed by atoms with Crippen molar-refractivity contribution in [2.45, 2.75) is 24.6 Å². The second-order valence-corrected chi connectivity index (χ2v) is 7.47. The van der Waals surface area contributed by atoms with Crippen LogP contribution in [0.2, 0.25) is 0 Å². The smallest absolute Gasteiger partial charge is 0.292 e. The number of aromatic nitrogens is 2. The first-order valence-corrected chi connectivity index (χ1v) is 10.2. The van der Waals surface area contributed by atoms with Crippen molar-refractivity contribution in [1.82, 2.24) is 15.1 Å². The maximum Gasteiger partial charge on any atom is 0.292 e. The summed E-state index contributed by atoms with van der Waals surface area (Å²) in [6.45, 7) is 0.412. The summed E-state index contributed by atoms with van der Waals surface area (Å²) >= 11 is 1.73. The zero-order valence-electron chi connectivity index (χ0n) is 15.8. The van der Waals surface area contributed by atoms with E-state index in [1.165, 1.54) is 6.26 Å². The van der Waals surface area contributed by atoms with Crippen LogP contribution in [0.3, 0.4) is 0 Å². The summed E-state index contributed by atoms with van der Waals surface area (Å²) < 4.78 is 11.8. The Morgan fingerprint density at radius 3 is 2.79 bits per heavy atom. The average Bonchev–Trinajstić information content (AvgIpc) is 3.47. The summed E-state index contributed by atoms with van der Waals surface area (Å²) in [7, 11) is 1.61. The second kappa shape index (κ2) is 8.44. The van der Waals surface area contributed by atoms with E-state index in [4.69, 9.17) is 9.15 Å². The van der Waals surface area contributed by atoms with E-state index in [0.717, 1.165) is 34.1 Å². The van der Waals surface area contributed by atoms with Gasteiger partial charge in [0, 0.05) is 23.6 Å². The second-order valence-electron chi connectivity index (χ2n) is 6.48. The van der Waals surface area contributed by atoms with Crippen LogP contribution in [-0.2, 0) is 29.4 Å². The van der Waals surface area contributed by atoms with Gasteiger partial charge < -0.3 is 19.8 Å². The van der Waals surface area contributed by atoms with Crippen molar-refractivity contribution < 1.29 is 18.7 Å². The number of nitrogens with one attached hydrogen (secondary N) is 2. The van der Waals surface area contributed by atoms with Crippen molar-refractivity contribution in [3.63, 3.8) is 0 Å². The SMILES string of the molecule is COc1ccc(CNC(=O)Cn2nc3c(c2NC(=O)c2ccco2)CSC3)cc1. The minimum Gasteiger partial charge on any atom is -0.497 e. The number of anilines is 1. The lowest BCUT2D eigenvalue weighted by Gasteiger charge is -2.11. The predicted molar refractivity (Wildman–Crippen MR) is 109 cm³/mol. The van der Waals surface area contributed by atoms with Gasteiger partial charge in [-0.05, 0) is 29.8 Å². The Hall–Kier alpha value is -3.20. The molecule has 0 saturated heterocycles. The Kier molecular flexibility index (Phi) is 5.57. The molecule has 29 heavy (non-hydrogen) atoms. The lowest BCUT2D eigenvalue weighted by molar-refractivity contribution is -0.122. The molecule has 1 aliphatic heterocycles. The topological polar surface area (TPSA) is 98.4 Å². The normalized spacial score (nSPS) is 12.4. The zero-order valence-corrected chi connectivity index (χ0v) is 16.6. The monoisotopic (exact) mass is 412 g/mol. The molecule has 1 aliphatic rings. The van der Waals surface area contributed by atoms with Gasteiger partial charge in [-0.15, -0.1) is 0 Å². The quantitative estimate of drug-likeness (QED) is 0.619. The molecule has 2 aromatic heterocycles. The van der Waals surface area contributed by atoms with Crippen LogP contribution in [-0.4, -0.2) is 28.7 Å². The first-order chi connectivity index (χ1) is 14.1. The van der Waals surface area contributed by atoms with Gasteiger partial charge in [0.25, 0.3) is 5.91 Å². The molecule has 3 heterocycles. The number of furan rings is 1. The Morgan fingerprint density at radius 2 is 2.07 bits per heavy atom. The van der Waals surface area contributed by atoms with Crippen molar-refractivity contribution in [3.8, 4) is 5.75 Å². The number of benzene rings is 1. The van der Waals surface area contributed by atoms with Crippen LogP contribution in [0.5, 0.6) is 5.75 Å². The fraction of sp³-hybridized carbons (Fsp3) is 0.250. The van der Waals surface area contributed by atoms with Gasteiger partial charge in [0.1, 0.15) is 18.1 Å². The summed E-state index contributed by atoms with van der Waals surface area (Å²) in [5.41, 5.74) is 2.82. The summed E-state index contributed by atoms with van der Waals surface area (Å²) in [4.78, 5) is 24.9. The third-order valence-electron chi connectivity index (χ3n) is 4.54. The minimum absolute atomic E-state index is 0.0155. The van der Waals surface area contributed by atoms with Gasteiger partial charge in [-0.25, -0.2) is 4.68 Å². The van der Waals surface area contributed by atoms with Gasteiger partial charge in [-0.1, -0.05) is 12.1 Å². The van der Waals surface area contributed by atoms with E-state index in [2.05, 4.69) is 15.7 Å². The lowest BCUT2D eigenvalue weighted by Crippen LogP contribution is -2.28. The van der Waals surface area contributed by atoms with E-state index in [0.29, 0.717) is 12.4 Å². The lowest BCUT2D eigenvalue weighted by atomic mass is 10.2. The van der Waals surface area contributed by atoms with Crippen LogP contribution in [0.25, 0.3) is 0 Å². The van der Waals surface area contributed by atoms with Crippen LogP contribution in [0.15, 0.2) is 47.1 Å². The molecule has 2 amide bonds. The summed E-state index contributed by atoms with van der Waals surface area (Å²) in [6, 6.07) is 10.7. The number of carbonyl (C=O) groups excluding carboxylic acids is 2. The molecule has 0 bridgehead atoms. The number of thioether (sulfide) groups is 1. The molecular weight excluding hydrogens is 392 g/mol. The Labute approximate surface area is 171 Å². The number of ether oxygens (including phenoxy) is 1. The molecule has 0 atom stereocenters. The van der Waals surface area contributed by atoms with E-state index in [-0.39, 0.29) is 24.1 Å². The van der Waals surface area contributed by atoms with Gasteiger partial charge in [0.2, 0.25) is 5.91 Å². The largest absolute Gasteiger partial charge is 0.497 e. The van der Waals surface area contributed by atoms with Gasteiger partial charge in [-0.3, -0.25) is 9.59 Å². The highest BCUT2D eigenvalue weighted by molar-refractivity contribution is 7.98. The molecular formula is C20H20N4O4S. The molecule has 0 radical (unpaired) electrons. The molecule has 0 fully saturated rings. The molecule has 0 aliphatic carbocycles.